The maximum absolute atomic E-state index is 14.2. The van der Waals surface area contributed by atoms with Crippen LogP contribution in [0.2, 0.25) is 0 Å². The molecular weight excluding hydrogens is 502 g/mol. The molecule has 0 radical (unpaired) electrons. The third-order valence-corrected chi connectivity index (χ3v) is 6.49. The number of fused-ring (bicyclic) bond motifs is 1. The first-order valence-corrected chi connectivity index (χ1v) is 14.0. The molecule has 0 heterocycles. The fourth-order valence-corrected chi connectivity index (χ4v) is 4.85. The zero-order valence-corrected chi connectivity index (χ0v) is 25.0. The zero-order chi connectivity index (χ0) is 29.6. The molecule has 214 valence electrons. The van der Waals surface area contributed by atoms with E-state index in [1.54, 1.807) is 25.7 Å². The van der Waals surface area contributed by atoms with Gasteiger partial charge in [-0.3, -0.25) is 9.59 Å². The quantitative estimate of drug-likeness (QED) is 0.305. The number of hydrogen-bond acceptors (Lipinski definition) is 4. The molecule has 40 heavy (non-hydrogen) atoms. The molecule has 0 spiro atoms. The predicted molar refractivity (Wildman–Crippen MR) is 161 cm³/mol. The van der Waals surface area contributed by atoms with Crippen molar-refractivity contribution in [2.24, 2.45) is 5.92 Å². The fraction of sp³-hybridized carbons (Fsp3) is 0.424. The van der Waals surface area contributed by atoms with E-state index in [2.05, 4.69) is 10.6 Å². The molecule has 0 bridgehead atoms. The summed E-state index contributed by atoms with van der Waals surface area (Å²) in [6.07, 6.45) is -0.0346. The molecule has 3 aromatic rings. The molecule has 7 heteroatoms. The van der Waals surface area contributed by atoms with Gasteiger partial charge in [-0.05, 0) is 75.4 Å². The van der Waals surface area contributed by atoms with E-state index >= 15 is 0 Å². The van der Waals surface area contributed by atoms with E-state index in [0.717, 1.165) is 27.5 Å². The number of carbonyl (C=O) groups is 3. The largest absolute Gasteiger partial charge is 0.444 e. The van der Waals surface area contributed by atoms with E-state index in [-0.39, 0.29) is 17.7 Å². The van der Waals surface area contributed by atoms with Gasteiger partial charge >= 0.3 is 6.09 Å². The molecule has 2 N–H and O–H groups in total. The van der Waals surface area contributed by atoms with Crippen molar-refractivity contribution < 1.29 is 19.1 Å². The summed E-state index contributed by atoms with van der Waals surface area (Å²) in [4.78, 5) is 42.5. The van der Waals surface area contributed by atoms with Gasteiger partial charge in [0.25, 0.3) is 5.91 Å². The van der Waals surface area contributed by atoms with Crippen LogP contribution in [0.5, 0.6) is 0 Å². The standard InChI is InChI=1S/C33H43N3O4/c1-9-16-36(31(38)28(21(2)3)35-32(39)40-33(6,7)8)29(26-18-22(4)17-23(5)19-26)30(37)34-27-15-14-24-12-10-11-13-25(24)20-27/h10-15,17-21,28-29H,9,16H2,1-8H3,(H,34,37)(H,35,39). The molecule has 3 aromatic carbocycles. The summed E-state index contributed by atoms with van der Waals surface area (Å²) >= 11 is 0. The van der Waals surface area contributed by atoms with Crippen molar-refractivity contribution in [1.29, 1.82) is 0 Å². The molecule has 2 atom stereocenters. The summed E-state index contributed by atoms with van der Waals surface area (Å²) in [6.45, 7) is 15.3. The third kappa shape index (κ3) is 8.07. The second-order valence-electron chi connectivity index (χ2n) is 11.8. The van der Waals surface area contributed by atoms with Crippen LogP contribution in [-0.2, 0) is 14.3 Å². The number of ether oxygens (including phenoxy) is 1. The van der Waals surface area contributed by atoms with Gasteiger partial charge in [-0.15, -0.1) is 0 Å². The van der Waals surface area contributed by atoms with Crippen LogP contribution in [0.3, 0.4) is 0 Å². The van der Waals surface area contributed by atoms with E-state index in [0.29, 0.717) is 18.7 Å². The van der Waals surface area contributed by atoms with Gasteiger partial charge in [0.2, 0.25) is 5.91 Å². The molecule has 0 aliphatic heterocycles. The number of carbonyl (C=O) groups excluding carboxylic acids is 3. The number of benzene rings is 3. The van der Waals surface area contributed by atoms with Crippen molar-refractivity contribution in [3.63, 3.8) is 0 Å². The van der Waals surface area contributed by atoms with E-state index in [1.165, 1.54) is 0 Å². The lowest BCUT2D eigenvalue weighted by Crippen LogP contribution is -2.54. The average molecular weight is 546 g/mol. The molecule has 7 nitrogen and oxygen atoms in total. The second-order valence-corrected chi connectivity index (χ2v) is 11.8. The van der Waals surface area contributed by atoms with Gasteiger partial charge in [-0.2, -0.15) is 0 Å². The van der Waals surface area contributed by atoms with Crippen molar-refractivity contribution in [3.8, 4) is 0 Å². The highest BCUT2D eigenvalue weighted by Crippen LogP contribution is 2.28. The monoisotopic (exact) mass is 545 g/mol. The first-order chi connectivity index (χ1) is 18.8. The van der Waals surface area contributed by atoms with Crippen LogP contribution in [0.1, 0.15) is 70.7 Å². The Morgan fingerprint density at radius 2 is 1.52 bits per heavy atom. The number of amides is 3. The number of rotatable bonds is 9. The Hall–Kier alpha value is -3.87. The van der Waals surface area contributed by atoms with Gasteiger partial charge in [0.05, 0.1) is 0 Å². The van der Waals surface area contributed by atoms with Crippen molar-refractivity contribution >= 4 is 34.4 Å². The number of hydrogen-bond donors (Lipinski definition) is 2. The lowest BCUT2D eigenvalue weighted by Gasteiger charge is -2.35. The van der Waals surface area contributed by atoms with Gasteiger partial charge in [0, 0.05) is 12.2 Å². The van der Waals surface area contributed by atoms with Gasteiger partial charge in [-0.25, -0.2) is 4.79 Å². The normalized spacial score (nSPS) is 13.0. The van der Waals surface area contributed by atoms with Crippen molar-refractivity contribution in [3.05, 3.63) is 77.4 Å². The Morgan fingerprint density at radius 3 is 2.10 bits per heavy atom. The molecule has 3 amide bonds. The minimum absolute atomic E-state index is 0.234. The highest BCUT2D eigenvalue weighted by atomic mass is 16.6. The number of anilines is 1. The lowest BCUT2D eigenvalue weighted by atomic mass is 9.96. The molecule has 2 unspecified atom stereocenters. The number of nitrogens with zero attached hydrogens (tertiary/aromatic N) is 1. The Morgan fingerprint density at radius 1 is 0.900 bits per heavy atom. The summed E-state index contributed by atoms with van der Waals surface area (Å²) in [6, 6.07) is 17.9. The van der Waals surface area contributed by atoms with E-state index < -0.39 is 23.8 Å². The summed E-state index contributed by atoms with van der Waals surface area (Å²) in [7, 11) is 0. The topological polar surface area (TPSA) is 87.7 Å². The smallest absolute Gasteiger partial charge is 0.408 e. The maximum atomic E-state index is 14.2. The van der Waals surface area contributed by atoms with E-state index in [1.807, 2.05) is 95.3 Å². The Labute approximate surface area is 238 Å². The molecule has 0 saturated heterocycles. The molecule has 0 aliphatic carbocycles. The average Bonchev–Trinajstić information content (AvgIpc) is 2.84. The first kappa shape index (κ1) is 30.7. The van der Waals surface area contributed by atoms with Crippen LogP contribution in [0.15, 0.2) is 60.7 Å². The minimum Gasteiger partial charge on any atom is -0.444 e. The molecule has 3 rings (SSSR count). The van der Waals surface area contributed by atoms with Crippen LogP contribution in [-0.4, -0.2) is 41.0 Å². The molecule has 0 fully saturated rings. The molecule has 0 aromatic heterocycles. The minimum atomic E-state index is -0.904. The van der Waals surface area contributed by atoms with Crippen molar-refractivity contribution in [2.75, 3.05) is 11.9 Å². The highest BCUT2D eigenvalue weighted by molar-refractivity contribution is 6.00. The lowest BCUT2D eigenvalue weighted by molar-refractivity contribution is -0.141. The third-order valence-electron chi connectivity index (χ3n) is 6.49. The maximum Gasteiger partial charge on any atom is 0.408 e. The summed E-state index contributed by atoms with van der Waals surface area (Å²) in [5, 5.41) is 7.90. The van der Waals surface area contributed by atoms with Gasteiger partial charge in [0.15, 0.2) is 0 Å². The van der Waals surface area contributed by atoms with Crippen LogP contribution < -0.4 is 10.6 Å². The van der Waals surface area contributed by atoms with Crippen LogP contribution in [0.25, 0.3) is 10.8 Å². The van der Waals surface area contributed by atoms with Crippen molar-refractivity contribution in [2.45, 2.75) is 79.5 Å². The molecule has 0 aliphatic rings. The first-order valence-electron chi connectivity index (χ1n) is 14.0. The highest BCUT2D eigenvalue weighted by Gasteiger charge is 2.37. The van der Waals surface area contributed by atoms with Crippen molar-refractivity contribution in [1.82, 2.24) is 10.2 Å². The van der Waals surface area contributed by atoms with Gasteiger partial charge in [-0.1, -0.05) is 80.4 Å². The summed E-state index contributed by atoms with van der Waals surface area (Å²) in [5.74, 6) is -0.884. The fourth-order valence-electron chi connectivity index (χ4n) is 4.85. The van der Waals surface area contributed by atoms with Crippen LogP contribution >= 0.6 is 0 Å². The SMILES string of the molecule is CCCN(C(=O)C(NC(=O)OC(C)(C)C)C(C)C)C(C(=O)Nc1ccc2ccccc2c1)c1cc(C)cc(C)c1. The summed E-state index contributed by atoms with van der Waals surface area (Å²) < 4.78 is 5.45. The van der Waals surface area contributed by atoms with Gasteiger partial charge in [0.1, 0.15) is 17.7 Å². The Kier molecular flexibility index (Phi) is 9.96. The number of aryl methyl sites for hydroxylation is 2. The summed E-state index contributed by atoms with van der Waals surface area (Å²) in [5.41, 5.74) is 2.65. The van der Waals surface area contributed by atoms with Crippen LogP contribution in [0, 0.1) is 19.8 Å². The van der Waals surface area contributed by atoms with E-state index in [4.69, 9.17) is 4.74 Å². The number of nitrogens with one attached hydrogen (secondary N) is 2. The van der Waals surface area contributed by atoms with Crippen LogP contribution in [0.4, 0.5) is 10.5 Å². The molecular formula is C33H43N3O4. The van der Waals surface area contributed by atoms with E-state index in [9.17, 15) is 14.4 Å². The Bertz CT molecular complexity index is 1340. The second kappa shape index (κ2) is 13.0. The predicted octanol–water partition coefficient (Wildman–Crippen LogP) is 6.92. The number of alkyl carbamates (subject to hydrolysis) is 1. The Balaban J connectivity index is 2.03. The van der Waals surface area contributed by atoms with Gasteiger partial charge < -0.3 is 20.3 Å². The molecule has 0 saturated carbocycles. The zero-order valence-electron chi connectivity index (χ0n) is 25.0.